The summed E-state index contributed by atoms with van der Waals surface area (Å²) in [6.45, 7) is 4.75. The summed E-state index contributed by atoms with van der Waals surface area (Å²) in [5.41, 5.74) is 0. The first kappa shape index (κ1) is 11.4. The first-order valence-electron chi connectivity index (χ1n) is 6.56. The van der Waals surface area contributed by atoms with Crippen LogP contribution in [0.15, 0.2) is 0 Å². The average Bonchev–Trinajstić information content (AvgIpc) is 2.77. The lowest BCUT2D eigenvalue weighted by Gasteiger charge is -2.28. The normalized spacial score (nSPS) is 36.4. The van der Waals surface area contributed by atoms with Crippen molar-refractivity contribution in [2.24, 2.45) is 17.8 Å². The van der Waals surface area contributed by atoms with Crippen LogP contribution >= 0.6 is 0 Å². The maximum atomic E-state index is 9.34. The van der Waals surface area contributed by atoms with Crippen LogP contribution in [0.5, 0.6) is 0 Å². The van der Waals surface area contributed by atoms with E-state index in [2.05, 4.69) is 19.2 Å². The molecule has 4 atom stereocenters. The average molecular weight is 211 g/mol. The largest absolute Gasteiger partial charge is 0.395 e. The van der Waals surface area contributed by atoms with Gasteiger partial charge in [0.15, 0.2) is 0 Å². The van der Waals surface area contributed by atoms with E-state index in [9.17, 15) is 5.11 Å². The van der Waals surface area contributed by atoms with Gasteiger partial charge in [-0.25, -0.2) is 0 Å². The number of rotatable bonds is 5. The van der Waals surface area contributed by atoms with Gasteiger partial charge in [-0.15, -0.1) is 0 Å². The van der Waals surface area contributed by atoms with Gasteiger partial charge < -0.3 is 10.4 Å². The Morgan fingerprint density at radius 2 is 2.07 bits per heavy atom. The summed E-state index contributed by atoms with van der Waals surface area (Å²) in [6.07, 6.45) is 6.78. The van der Waals surface area contributed by atoms with Crippen molar-refractivity contribution in [2.45, 2.75) is 58.0 Å². The minimum atomic E-state index is 0.298. The molecular weight excluding hydrogens is 186 g/mol. The fourth-order valence-electron chi connectivity index (χ4n) is 3.52. The highest BCUT2D eigenvalue weighted by atomic mass is 16.3. The topological polar surface area (TPSA) is 32.3 Å². The third kappa shape index (κ3) is 2.73. The molecule has 0 spiro atoms. The predicted octanol–water partition coefficient (Wildman–Crippen LogP) is 2.17. The molecule has 0 heterocycles. The first-order valence-corrected chi connectivity index (χ1v) is 6.56. The number of hydrogen-bond acceptors (Lipinski definition) is 2. The van der Waals surface area contributed by atoms with Gasteiger partial charge in [0, 0.05) is 12.1 Å². The second-order valence-corrected chi connectivity index (χ2v) is 5.96. The van der Waals surface area contributed by atoms with E-state index in [0.717, 1.165) is 18.3 Å². The Balaban J connectivity index is 1.79. The molecule has 2 rings (SSSR count). The molecule has 2 fully saturated rings. The molecule has 0 saturated heterocycles. The van der Waals surface area contributed by atoms with Gasteiger partial charge in [0.05, 0.1) is 6.61 Å². The van der Waals surface area contributed by atoms with Crippen LogP contribution in [0.25, 0.3) is 0 Å². The lowest BCUT2D eigenvalue weighted by Crippen LogP contribution is -2.43. The highest BCUT2D eigenvalue weighted by Gasteiger charge is 2.39. The fourth-order valence-corrected chi connectivity index (χ4v) is 3.52. The molecule has 88 valence electrons. The van der Waals surface area contributed by atoms with Crippen LogP contribution in [0, 0.1) is 17.8 Å². The fraction of sp³-hybridized carbons (Fsp3) is 1.00. The van der Waals surface area contributed by atoms with Gasteiger partial charge in [-0.2, -0.15) is 0 Å². The van der Waals surface area contributed by atoms with Crippen molar-refractivity contribution in [1.29, 1.82) is 0 Å². The van der Waals surface area contributed by atoms with Gasteiger partial charge in [0.1, 0.15) is 0 Å². The minimum absolute atomic E-state index is 0.298. The van der Waals surface area contributed by atoms with Gasteiger partial charge in [-0.05, 0) is 43.4 Å². The highest BCUT2D eigenvalue weighted by molar-refractivity contribution is 4.95. The summed E-state index contributed by atoms with van der Waals surface area (Å²) in [7, 11) is 0. The molecule has 0 amide bonds. The van der Waals surface area contributed by atoms with Crippen molar-refractivity contribution >= 4 is 0 Å². The van der Waals surface area contributed by atoms with Gasteiger partial charge >= 0.3 is 0 Å². The summed E-state index contributed by atoms with van der Waals surface area (Å²) in [6, 6.07) is 1.04. The van der Waals surface area contributed by atoms with Crippen LogP contribution in [0.2, 0.25) is 0 Å². The zero-order valence-corrected chi connectivity index (χ0v) is 10.1. The molecule has 2 N–H and O–H groups in total. The molecule has 2 saturated carbocycles. The van der Waals surface area contributed by atoms with Crippen molar-refractivity contribution in [3.05, 3.63) is 0 Å². The Hall–Kier alpha value is -0.0800. The third-order valence-electron chi connectivity index (χ3n) is 4.16. The Morgan fingerprint density at radius 3 is 2.53 bits per heavy atom. The molecule has 2 aliphatic carbocycles. The smallest absolute Gasteiger partial charge is 0.0584 e. The molecular formula is C13H25NO. The molecule has 0 aromatic carbocycles. The third-order valence-corrected chi connectivity index (χ3v) is 4.16. The Labute approximate surface area is 93.5 Å². The molecule has 0 radical (unpaired) electrons. The second kappa shape index (κ2) is 4.84. The zero-order valence-electron chi connectivity index (χ0n) is 10.1. The molecule has 0 aliphatic heterocycles. The van der Waals surface area contributed by atoms with Crippen LogP contribution in [0.3, 0.4) is 0 Å². The summed E-state index contributed by atoms with van der Waals surface area (Å²) in [5.74, 6) is 2.58. The molecule has 2 nitrogen and oxygen atoms in total. The van der Waals surface area contributed by atoms with Crippen LogP contribution < -0.4 is 5.32 Å². The van der Waals surface area contributed by atoms with Crippen molar-refractivity contribution < 1.29 is 5.11 Å². The molecule has 0 aromatic rings. The van der Waals surface area contributed by atoms with Crippen molar-refractivity contribution in [2.75, 3.05) is 6.61 Å². The molecule has 2 bridgehead atoms. The van der Waals surface area contributed by atoms with Crippen molar-refractivity contribution in [3.63, 3.8) is 0 Å². The SMILES string of the molecule is CC(C)C[C@H](CO)N[C@@H]1C[C@@H]2CC[C@@H]1C2. The maximum absolute atomic E-state index is 9.34. The van der Waals surface area contributed by atoms with Crippen LogP contribution in [0.4, 0.5) is 0 Å². The van der Waals surface area contributed by atoms with E-state index in [1.165, 1.54) is 25.7 Å². The Kier molecular flexibility index (Phi) is 3.68. The highest BCUT2D eigenvalue weighted by Crippen LogP contribution is 2.44. The Bertz CT molecular complexity index is 205. The van der Waals surface area contributed by atoms with Crippen LogP contribution in [-0.4, -0.2) is 23.8 Å². The van der Waals surface area contributed by atoms with E-state index in [1.54, 1.807) is 0 Å². The number of fused-ring (bicyclic) bond motifs is 2. The van der Waals surface area contributed by atoms with Gasteiger partial charge in [0.2, 0.25) is 0 Å². The lowest BCUT2D eigenvalue weighted by atomic mass is 9.93. The molecule has 2 heteroatoms. The molecule has 0 unspecified atom stereocenters. The molecule has 15 heavy (non-hydrogen) atoms. The standard InChI is InChI=1S/C13H25NO/c1-9(2)5-12(8-15)14-13-7-10-3-4-11(13)6-10/h9-15H,3-8H2,1-2H3/t10-,11-,12-,13-/m1/s1. The van der Waals surface area contributed by atoms with Gasteiger partial charge in [-0.3, -0.25) is 0 Å². The van der Waals surface area contributed by atoms with E-state index < -0.39 is 0 Å². The molecule has 2 aliphatic rings. The summed E-state index contributed by atoms with van der Waals surface area (Å²) in [4.78, 5) is 0. The first-order chi connectivity index (χ1) is 7.19. The van der Waals surface area contributed by atoms with Crippen molar-refractivity contribution in [3.8, 4) is 0 Å². The number of aliphatic hydroxyl groups excluding tert-OH is 1. The van der Waals surface area contributed by atoms with E-state index in [1.807, 2.05) is 0 Å². The summed E-state index contributed by atoms with van der Waals surface area (Å²) >= 11 is 0. The zero-order chi connectivity index (χ0) is 10.8. The maximum Gasteiger partial charge on any atom is 0.0584 e. The summed E-state index contributed by atoms with van der Waals surface area (Å²) in [5, 5.41) is 13.0. The lowest BCUT2D eigenvalue weighted by molar-refractivity contribution is 0.197. The van der Waals surface area contributed by atoms with Gasteiger partial charge in [0.25, 0.3) is 0 Å². The van der Waals surface area contributed by atoms with E-state index in [-0.39, 0.29) is 0 Å². The summed E-state index contributed by atoms with van der Waals surface area (Å²) < 4.78 is 0. The minimum Gasteiger partial charge on any atom is -0.395 e. The quantitative estimate of drug-likeness (QED) is 0.730. The van der Waals surface area contributed by atoms with E-state index >= 15 is 0 Å². The van der Waals surface area contributed by atoms with E-state index in [0.29, 0.717) is 24.6 Å². The van der Waals surface area contributed by atoms with Gasteiger partial charge in [-0.1, -0.05) is 20.3 Å². The molecule has 0 aromatic heterocycles. The van der Waals surface area contributed by atoms with Crippen LogP contribution in [0.1, 0.15) is 46.0 Å². The van der Waals surface area contributed by atoms with E-state index in [4.69, 9.17) is 0 Å². The van der Waals surface area contributed by atoms with Crippen LogP contribution in [-0.2, 0) is 0 Å². The number of nitrogens with one attached hydrogen (secondary N) is 1. The monoisotopic (exact) mass is 211 g/mol. The van der Waals surface area contributed by atoms with Crippen molar-refractivity contribution in [1.82, 2.24) is 5.32 Å². The number of aliphatic hydroxyl groups is 1. The second-order valence-electron chi connectivity index (χ2n) is 5.96. The Morgan fingerprint density at radius 1 is 1.27 bits per heavy atom. The number of hydrogen-bond donors (Lipinski definition) is 2. The predicted molar refractivity (Wildman–Crippen MR) is 62.7 cm³/mol.